The Balaban J connectivity index is 1.54. The number of hydrogen-bond donors (Lipinski definition) is 2. The number of aliphatic hydroxyl groups excluding tert-OH is 2. The first kappa shape index (κ1) is 17.5. The molecule has 3 heterocycles. The largest absolute Gasteiger partial charge is 0.396 e. The maximum absolute atomic E-state index is 12.9. The number of amides is 2. The quantitative estimate of drug-likeness (QED) is 0.763. The average Bonchev–Trinajstić information content (AvgIpc) is 2.99. The van der Waals surface area contributed by atoms with Gasteiger partial charge in [0.2, 0.25) is 5.91 Å². The van der Waals surface area contributed by atoms with Crippen LogP contribution in [-0.2, 0) is 4.79 Å². The molecular weight excluding hydrogens is 334 g/mol. The van der Waals surface area contributed by atoms with Crippen molar-refractivity contribution in [1.29, 1.82) is 0 Å². The maximum Gasteiger partial charge on any atom is 0.253 e. The molecule has 2 N–H and O–H groups in total. The number of β-amino-alcohol motifs (C(OH)–C–C–N with tert-alkyl or cyclic N) is 1. The van der Waals surface area contributed by atoms with Crippen molar-refractivity contribution in [3.63, 3.8) is 0 Å². The van der Waals surface area contributed by atoms with Crippen LogP contribution in [0.2, 0.25) is 0 Å². The Labute approximate surface area is 152 Å². The first-order chi connectivity index (χ1) is 12.5. The number of carbonyl (C=O) groups excluding carboxylic acids is 2. The molecule has 26 heavy (non-hydrogen) atoms. The molecule has 7 nitrogen and oxygen atoms in total. The Kier molecular flexibility index (Phi) is 4.46. The second-order valence-corrected chi connectivity index (χ2v) is 7.70. The normalized spacial score (nSPS) is 27.3. The summed E-state index contributed by atoms with van der Waals surface area (Å²) in [4.78, 5) is 30.9. The Bertz CT molecular complexity index is 689. The lowest BCUT2D eigenvalue weighted by Crippen LogP contribution is -2.79. The van der Waals surface area contributed by atoms with Gasteiger partial charge in [-0.25, -0.2) is 0 Å². The zero-order valence-corrected chi connectivity index (χ0v) is 14.8. The van der Waals surface area contributed by atoms with Crippen LogP contribution < -0.4 is 0 Å². The van der Waals surface area contributed by atoms with Crippen LogP contribution in [0.25, 0.3) is 0 Å². The number of aliphatic hydroxyl groups is 2. The summed E-state index contributed by atoms with van der Waals surface area (Å²) in [5.74, 6) is -0.0490. The van der Waals surface area contributed by atoms with Crippen LogP contribution in [-0.4, -0.2) is 93.7 Å². The van der Waals surface area contributed by atoms with Crippen LogP contribution >= 0.6 is 0 Å². The van der Waals surface area contributed by atoms with Gasteiger partial charge in [-0.3, -0.25) is 14.5 Å². The first-order valence-corrected chi connectivity index (χ1v) is 9.20. The summed E-state index contributed by atoms with van der Waals surface area (Å²) in [6.07, 6.45) is 0.408. The number of carbonyl (C=O) groups is 2. The molecule has 0 unspecified atom stereocenters. The minimum atomic E-state index is -0.383. The van der Waals surface area contributed by atoms with E-state index in [1.807, 2.05) is 35.2 Å². The van der Waals surface area contributed by atoms with Crippen LogP contribution in [0.15, 0.2) is 30.3 Å². The van der Waals surface area contributed by atoms with Crippen LogP contribution in [0.3, 0.4) is 0 Å². The molecule has 0 aromatic heterocycles. The minimum absolute atomic E-state index is 0.00569. The van der Waals surface area contributed by atoms with Crippen molar-refractivity contribution in [2.24, 2.45) is 0 Å². The lowest BCUT2D eigenvalue weighted by atomic mass is 9.83. The highest BCUT2D eigenvalue weighted by molar-refractivity contribution is 5.94. The van der Waals surface area contributed by atoms with Gasteiger partial charge in [0, 0.05) is 50.7 Å². The van der Waals surface area contributed by atoms with Crippen molar-refractivity contribution in [1.82, 2.24) is 14.7 Å². The summed E-state index contributed by atoms with van der Waals surface area (Å²) in [6.45, 7) is 2.72. The van der Waals surface area contributed by atoms with Gasteiger partial charge in [-0.2, -0.15) is 0 Å². The molecule has 140 valence electrons. The van der Waals surface area contributed by atoms with E-state index in [1.54, 1.807) is 4.90 Å². The van der Waals surface area contributed by atoms with E-state index in [2.05, 4.69) is 4.90 Å². The van der Waals surface area contributed by atoms with Gasteiger partial charge in [0.05, 0.1) is 18.2 Å². The van der Waals surface area contributed by atoms with Crippen molar-refractivity contribution in [2.75, 3.05) is 39.3 Å². The molecule has 2 atom stereocenters. The fraction of sp³-hybridized carbons (Fsp3) is 0.579. The highest BCUT2D eigenvalue weighted by atomic mass is 16.3. The maximum atomic E-state index is 12.9. The van der Waals surface area contributed by atoms with Crippen molar-refractivity contribution in [3.8, 4) is 0 Å². The number of benzene rings is 1. The minimum Gasteiger partial charge on any atom is -0.396 e. The lowest BCUT2D eigenvalue weighted by molar-refractivity contribution is -0.154. The van der Waals surface area contributed by atoms with Crippen LogP contribution in [0.4, 0.5) is 0 Å². The van der Waals surface area contributed by atoms with E-state index in [1.165, 1.54) is 0 Å². The highest BCUT2D eigenvalue weighted by Crippen LogP contribution is 2.39. The number of likely N-dealkylation sites (tertiary alicyclic amines) is 1. The van der Waals surface area contributed by atoms with Crippen molar-refractivity contribution < 1.29 is 19.8 Å². The number of rotatable bonds is 3. The van der Waals surface area contributed by atoms with Gasteiger partial charge in [0.25, 0.3) is 5.91 Å². The van der Waals surface area contributed by atoms with Gasteiger partial charge in [-0.1, -0.05) is 18.2 Å². The fourth-order valence-electron chi connectivity index (χ4n) is 4.71. The van der Waals surface area contributed by atoms with E-state index >= 15 is 0 Å². The van der Waals surface area contributed by atoms with Crippen molar-refractivity contribution >= 4 is 11.8 Å². The molecule has 1 aromatic rings. The molecule has 2 amide bonds. The van der Waals surface area contributed by atoms with Gasteiger partial charge < -0.3 is 20.0 Å². The average molecular weight is 359 g/mol. The molecule has 0 saturated carbocycles. The molecule has 1 spiro atoms. The summed E-state index contributed by atoms with van der Waals surface area (Å²) in [5, 5.41) is 19.1. The van der Waals surface area contributed by atoms with E-state index in [0.717, 1.165) is 0 Å². The zero-order chi connectivity index (χ0) is 18.3. The monoisotopic (exact) mass is 359 g/mol. The molecular formula is C19H25N3O4. The van der Waals surface area contributed by atoms with Crippen molar-refractivity contribution in [2.45, 2.75) is 30.5 Å². The molecule has 7 heteroatoms. The fourth-order valence-corrected chi connectivity index (χ4v) is 4.71. The van der Waals surface area contributed by atoms with Crippen LogP contribution in [0.5, 0.6) is 0 Å². The molecule has 4 rings (SSSR count). The number of piperazine rings is 1. The van der Waals surface area contributed by atoms with Gasteiger partial charge in [0.1, 0.15) is 0 Å². The van der Waals surface area contributed by atoms with Crippen LogP contribution in [0, 0.1) is 0 Å². The summed E-state index contributed by atoms with van der Waals surface area (Å²) >= 11 is 0. The molecule has 0 bridgehead atoms. The summed E-state index contributed by atoms with van der Waals surface area (Å²) in [7, 11) is 0. The molecule has 3 fully saturated rings. The van der Waals surface area contributed by atoms with Gasteiger partial charge in [-0.05, 0) is 18.6 Å². The summed E-state index contributed by atoms with van der Waals surface area (Å²) < 4.78 is 0. The third-order valence-electron chi connectivity index (χ3n) is 5.87. The third kappa shape index (κ3) is 2.90. The van der Waals surface area contributed by atoms with Crippen LogP contribution in [0.1, 0.15) is 23.2 Å². The standard InChI is InChI=1S/C19H25N3O4/c23-7-6-17(25)21-12-19(13-21)11-20(9-15-8-16(24)10-22(15)19)18(26)14-4-2-1-3-5-14/h1-5,15-16,23-24H,6-13H2/t15-,16+/m0/s1. The number of hydrogen-bond acceptors (Lipinski definition) is 5. The molecule has 3 aliphatic rings. The summed E-state index contributed by atoms with van der Waals surface area (Å²) in [5.41, 5.74) is 0.387. The second-order valence-electron chi connectivity index (χ2n) is 7.70. The zero-order valence-electron chi connectivity index (χ0n) is 14.8. The third-order valence-corrected chi connectivity index (χ3v) is 5.87. The van der Waals surface area contributed by atoms with E-state index in [0.29, 0.717) is 44.7 Å². The Morgan fingerprint density at radius 1 is 1.08 bits per heavy atom. The predicted molar refractivity (Wildman–Crippen MR) is 94.5 cm³/mol. The number of fused-ring (bicyclic) bond motifs is 2. The second kappa shape index (κ2) is 6.64. The topological polar surface area (TPSA) is 84.3 Å². The van der Waals surface area contributed by atoms with E-state index in [9.17, 15) is 14.7 Å². The van der Waals surface area contributed by atoms with Crippen molar-refractivity contribution in [3.05, 3.63) is 35.9 Å². The molecule has 0 aliphatic carbocycles. The van der Waals surface area contributed by atoms with Gasteiger partial charge in [-0.15, -0.1) is 0 Å². The number of nitrogens with zero attached hydrogens (tertiary/aromatic N) is 3. The molecule has 3 saturated heterocycles. The van der Waals surface area contributed by atoms with E-state index < -0.39 is 0 Å². The molecule has 0 radical (unpaired) electrons. The Morgan fingerprint density at radius 2 is 1.77 bits per heavy atom. The lowest BCUT2D eigenvalue weighted by Gasteiger charge is -2.60. The van der Waals surface area contributed by atoms with Gasteiger partial charge in [0.15, 0.2) is 0 Å². The smallest absolute Gasteiger partial charge is 0.253 e. The molecule has 3 aliphatic heterocycles. The SMILES string of the molecule is O=C(CCO)N1CC2(C1)CN(C(=O)c1ccccc1)C[C@@H]1C[C@@H](O)CN12. The van der Waals surface area contributed by atoms with Gasteiger partial charge >= 0.3 is 0 Å². The Morgan fingerprint density at radius 3 is 2.46 bits per heavy atom. The summed E-state index contributed by atoms with van der Waals surface area (Å²) in [6, 6.07) is 9.38. The first-order valence-electron chi connectivity index (χ1n) is 9.20. The van der Waals surface area contributed by atoms with E-state index in [-0.39, 0.29) is 42.5 Å². The Hall–Kier alpha value is -1.96. The highest BCUT2D eigenvalue weighted by Gasteiger charge is 2.57. The molecule has 1 aromatic carbocycles. The predicted octanol–water partition coefficient (Wildman–Crippen LogP) is -0.459. The van der Waals surface area contributed by atoms with E-state index in [4.69, 9.17) is 5.11 Å².